The number of rotatable bonds is 3. The zero-order chi connectivity index (χ0) is 22.2. The summed E-state index contributed by atoms with van der Waals surface area (Å²) in [6.45, 7) is 2.02. The second-order valence-corrected chi connectivity index (χ2v) is 7.53. The van der Waals surface area contributed by atoms with Crippen LogP contribution in [0.3, 0.4) is 0 Å². The van der Waals surface area contributed by atoms with Crippen molar-refractivity contribution in [1.29, 1.82) is 0 Å². The Morgan fingerprint density at radius 1 is 0.548 bits per heavy atom. The van der Waals surface area contributed by atoms with Crippen LogP contribution in [0.25, 0.3) is 33.4 Å². The normalized spacial score (nSPS) is 11.5. The van der Waals surface area contributed by atoms with Gasteiger partial charge in [0.05, 0.1) is 5.56 Å². The topological polar surface area (TPSA) is 52.0 Å². The molecule has 4 aromatic carbocycles. The number of halogens is 3. The molecule has 0 fully saturated rings. The number of alkyl halides is 3. The SMILES string of the molecule is Cc1cc(N)ccc1-c1ccc(-c2ccc(-c3ccc(N)cc3C(F)(F)F)cc2)cc1. The van der Waals surface area contributed by atoms with Crippen molar-refractivity contribution >= 4 is 11.4 Å². The maximum absolute atomic E-state index is 13.4. The highest BCUT2D eigenvalue weighted by atomic mass is 19.4. The van der Waals surface area contributed by atoms with Crippen LogP contribution < -0.4 is 11.5 Å². The average molecular weight is 418 g/mol. The lowest BCUT2D eigenvalue weighted by Crippen LogP contribution is -2.08. The molecule has 0 saturated heterocycles. The Morgan fingerprint density at radius 3 is 1.45 bits per heavy atom. The van der Waals surface area contributed by atoms with Crippen LogP contribution in [0.1, 0.15) is 11.1 Å². The maximum atomic E-state index is 13.4. The highest BCUT2D eigenvalue weighted by molar-refractivity contribution is 5.76. The largest absolute Gasteiger partial charge is 0.417 e. The van der Waals surface area contributed by atoms with Crippen molar-refractivity contribution in [3.8, 4) is 33.4 Å². The van der Waals surface area contributed by atoms with Crippen molar-refractivity contribution < 1.29 is 13.2 Å². The highest BCUT2D eigenvalue weighted by Crippen LogP contribution is 2.38. The van der Waals surface area contributed by atoms with Gasteiger partial charge >= 0.3 is 6.18 Å². The summed E-state index contributed by atoms with van der Waals surface area (Å²) in [4.78, 5) is 0. The molecule has 0 unspecified atom stereocenters. The van der Waals surface area contributed by atoms with Crippen LogP contribution in [-0.2, 0) is 6.18 Å². The summed E-state index contributed by atoms with van der Waals surface area (Å²) in [5, 5.41) is 0. The van der Waals surface area contributed by atoms with Gasteiger partial charge in [-0.15, -0.1) is 0 Å². The number of hydrogen-bond acceptors (Lipinski definition) is 2. The van der Waals surface area contributed by atoms with Gasteiger partial charge in [-0.3, -0.25) is 0 Å². The van der Waals surface area contributed by atoms with E-state index >= 15 is 0 Å². The van der Waals surface area contributed by atoms with Crippen molar-refractivity contribution in [3.05, 3.63) is 96.1 Å². The molecule has 0 aliphatic rings. The van der Waals surface area contributed by atoms with Crippen LogP contribution in [0.15, 0.2) is 84.9 Å². The summed E-state index contributed by atoms with van der Waals surface area (Å²) >= 11 is 0. The number of anilines is 2. The van der Waals surface area contributed by atoms with Gasteiger partial charge in [0.2, 0.25) is 0 Å². The molecule has 4 rings (SSSR count). The van der Waals surface area contributed by atoms with Crippen LogP contribution in [-0.4, -0.2) is 0 Å². The van der Waals surface area contributed by atoms with Gasteiger partial charge < -0.3 is 11.5 Å². The third kappa shape index (κ3) is 4.26. The van der Waals surface area contributed by atoms with Crippen LogP contribution in [0.5, 0.6) is 0 Å². The van der Waals surface area contributed by atoms with Gasteiger partial charge in [-0.25, -0.2) is 0 Å². The molecule has 0 saturated carbocycles. The molecule has 31 heavy (non-hydrogen) atoms. The van der Waals surface area contributed by atoms with Crippen LogP contribution >= 0.6 is 0 Å². The van der Waals surface area contributed by atoms with E-state index in [9.17, 15) is 13.2 Å². The minimum absolute atomic E-state index is 0.0872. The molecule has 5 heteroatoms. The van der Waals surface area contributed by atoms with E-state index in [0.717, 1.165) is 39.6 Å². The Kier molecular flexibility index (Phi) is 5.19. The van der Waals surface area contributed by atoms with Crippen LogP contribution in [0.2, 0.25) is 0 Å². The lowest BCUT2D eigenvalue weighted by molar-refractivity contribution is -0.137. The lowest BCUT2D eigenvalue weighted by Gasteiger charge is -2.14. The van der Waals surface area contributed by atoms with Gasteiger partial charge in [-0.05, 0) is 70.1 Å². The molecule has 0 radical (unpaired) electrons. The monoisotopic (exact) mass is 418 g/mol. The van der Waals surface area contributed by atoms with Gasteiger partial charge in [0.15, 0.2) is 0 Å². The van der Waals surface area contributed by atoms with E-state index in [0.29, 0.717) is 5.56 Å². The maximum Gasteiger partial charge on any atom is 0.417 e. The summed E-state index contributed by atoms with van der Waals surface area (Å²) in [7, 11) is 0. The van der Waals surface area contributed by atoms with E-state index < -0.39 is 11.7 Å². The fourth-order valence-corrected chi connectivity index (χ4v) is 3.74. The van der Waals surface area contributed by atoms with Crippen molar-refractivity contribution in [1.82, 2.24) is 0 Å². The molecule has 2 nitrogen and oxygen atoms in total. The molecule has 156 valence electrons. The first-order valence-electron chi connectivity index (χ1n) is 9.76. The average Bonchev–Trinajstić information content (AvgIpc) is 2.73. The van der Waals surface area contributed by atoms with E-state index in [-0.39, 0.29) is 11.3 Å². The van der Waals surface area contributed by atoms with Crippen LogP contribution in [0.4, 0.5) is 24.5 Å². The third-order valence-electron chi connectivity index (χ3n) is 5.32. The molecule has 0 atom stereocenters. The fraction of sp³-hybridized carbons (Fsp3) is 0.0769. The van der Waals surface area contributed by atoms with Gasteiger partial charge in [-0.1, -0.05) is 60.7 Å². The molecule has 0 amide bonds. The van der Waals surface area contributed by atoms with E-state index in [1.165, 1.54) is 12.1 Å². The number of nitrogen functional groups attached to an aromatic ring is 2. The van der Waals surface area contributed by atoms with E-state index in [4.69, 9.17) is 11.5 Å². The first kappa shape index (κ1) is 20.5. The summed E-state index contributed by atoms with van der Waals surface area (Å²) in [6, 6.07) is 24.8. The Hall–Kier alpha value is -3.73. The molecule has 0 bridgehead atoms. The molecular formula is C26H21F3N2. The van der Waals surface area contributed by atoms with E-state index in [1.807, 2.05) is 61.5 Å². The van der Waals surface area contributed by atoms with Crippen LogP contribution in [0, 0.1) is 6.92 Å². The number of aryl methyl sites for hydroxylation is 1. The standard InChI is InChI=1S/C26H21F3N2/c1-16-14-21(30)10-12-23(16)19-6-2-17(3-7-19)18-4-8-20(9-5-18)24-13-11-22(31)15-25(24)26(27,28)29/h2-15H,30-31H2,1H3. The molecule has 0 aliphatic heterocycles. The van der Waals surface area contributed by atoms with Gasteiger partial charge in [0.25, 0.3) is 0 Å². The van der Waals surface area contributed by atoms with E-state index in [2.05, 4.69) is 0 Å². The summed E-state index contributed by atoms with van der Waals surface area (Å²) in [6.07, 6.45) is -4.47. The van der Waals surface area contributed by atoms with Gasteiger partial charge in [0.1, 0.15) is 0 Å². The third-order valence-corrected chi connectivity index (χ3v) is 5.32. The molecule has 0 heterocycles. The first-order valence-corrected chi connectivity index (χ1v) is 9.76. The Labute approximate surface area is 179 Å². The number of nitrogens with two attached hydrogens (primary N) is 2. The van der Waals surface area contributed by atoms with E-state index in [1.54, 1.807) is 12.1 Å². The zero-order valence-electron chi connectivity index (χ0n) is 16.9. The van der Waals surface area contributed by atoms with Crippen molar-refractivity contribution in [2.45, 2.75) is 13.1 Å². The smallest absolute Gasteiger partial charge is 0.399 e. The minimum atomic E-state index is -4.47. The Bertz CT molecular complexity index is 1230. The van der Waals surface area contributed by atoms with Gasteiger partial charge in [0, 0.05) is 11.4 Å². The zero-order valence-corrected chi connectivity index (χ0v) is 16.9. The minimum Gasteiger partial charge on any atom is -0.399 e. The summed E-state index contributed by atoms with van der Waals surface area (Å²) in [5.74, 6) is 0. The predicted octanol–water partition coefficient (Wildman–Crippen LogP) is 7.18. The first-order chi connectivity index (χ1) is 14.7. The predicted molar refractivity (Wildman–Crippen MR) is 121 cm³/mol. The Morgan fingerprint density at radius 2 is 0.968 bits per heavy atom. The lowest BCUT2D eigenvalue weighted by atomic mass is 9.95. The molecule has 0 aromatic heterocycles. The molecule has 4 N–H and O–H groups in total. The number of hydrogen-bond donors (Lipinski definition) is 2. The van der Waals surface area contributed by atoms with Crippen molar-refractivity contribution in [2.24, 2.45) is 0 Å². The quantitative estimate of drug-likeness (QED) is 0.346. The van der Waals surface area contributed by atoms with Crippen molar-refractivity contribution in [3.63, 3.8) is 0 Å². The summed E-state index contributed by atoms with van der Waals surface area (Å²) in [5.41, 5.74) is 17.3. The summed E-state index contributed by atoms with van der Waals surface area (Å²) < 4.78 is 40.3. The molecule has 4 aromatic rings. The fourth-order valence-electron chi connectivity index (χ4n) is 3.74. The second-order valence-electron chi connectivity index (χ2n) is 7.53. The Balaban J connectivity index is 1.64. The molecule has 0 spiro atoms. The molecule has 0 aliphatic carbocycles. The van der Waals surface area contributed by atoms with Crippen molar-refractivity contribution in [2.75, 3.05) is 11.5 Å². The van der Waals surface area contributed by atoms with Gasteiger partial charge in [-0.2, -0.15) is 13.2 Å². The molecular weight excluding hydrogens is 397 g/mol. The highest BCUT2D eigenvalue weighted by Gasteiger charge is 2.33. The number of benzene rings is 4. The second kappa shape index (κ2) is 7.84.